The fourth-order valence-corrected chi connectivity index (χ4v) is 2.61. The summed E-state index contributed by atoms with van der Waals surface area (Å²) in [6, 6.07) is 22.0. The molecule has 0 unspecified atom stereocenters. The van der Waals surface area contributed by atoms with E-state index in [0.717, 1.165) is 16.9 Å². The van der Waals surface area contributed by atoms with Crippen LogP contribution in [0.25, 0.3) is 0 Å². The number of aryl methyl sites for hydroxylation is 1. The van der Waals surface area contributed by atoms with E-state index in [1.54, 1.807) is 12.1 Å². The molecule has 0 bridgehead atoms. The molecule has 0 aliphatic heterocycles. The van der Waals surface area contributed by atoms with Gasteiger partial charge in [0.15, 0.2) is 0 Å². The lowest BCUT2D eigenvalue weighted by molar-refractivity contribution is -0.115. The van der Waals surface area contributed by atoms with Gasteiger partial charge in [-0.1, -0.05) is 48.0 Å². The molecule has 0 atom stereocenters. The number of amides is 1. The minimum atomic E-state index is -0.222. The fourth-order valence-electron chi connectivity index (χ4n) is 2.61. The third kappa shape index (κ3) is 4.93. The van der Waals surface area contributed by atoms with Crippen LogP contribution in [0.4, 0.5) is 15.8 Å². The topological polar surface area (TPSA) is 41.1 Å². The molecule has 0 saturated heterocycles. The van der Waals surface area contributed by atoms with Crippen LogP contribution in [0, 0.1) is 12.7 Å². The maximum absolute atomic E-state index is 13.6. The van der Waals surface area contributed by atoms with Crippen LogP contribution in [-0.2, 0) is 17.8 Å². The maximum atomic E-state index is 13.6. The Bertz CT molecular complexity index is 873. The van der Waals surface area contributed by atoms with Gasteiger partial charge in [0.25, 0.3) is 0 Å². The third-order valence-electron chi connectivity index (χ3n) is 4.09. The standard InChI is InChI=1S/C22H21FN2O/c1-16-6-8-17(9-7-16)14-22(26)25-20-12-10-19(11-13-20)24-15-18-4-2-3-5-21(18)23/h2-13,24H,14-15H2,1H3,(H,25,26). The highest BCUT2D eigenvalue weighted by Gasteiger charge is 2.05. The summed E-state index contributed by atoms with van der Waals surface area (Å²) in [6.07, 6.45) is 0.341. The van der Waals surface area contributed by atoms with Crippen LogP contribution in [-0.4, -0.2) is 5.91 Å². The quantitative estimate of drug-likeness (QED) is 0.663. The van der Waals surface area contributed by atoms with E-state index in [0.29, 0.717) is 18.5 Å². The molecule has 2 N–H and O–H groups in total. The SMILES string of the molecule is Cc1ccc(CC(=O)Nc2ccc(NCc3ccccc3F)cc2)cc1. The van der Waals surface area contributed by atoms with Crippen molar-refractivity contribution < 1.29 is 9.18 Å². The summed E-state index contributed by atoms with van der Waals surface area (Å²) >= 11 is 0. The predicted octanol–water partition coefficient (Wildman–Crippen LogP) is 4.93. The van der Waals surface area contributed by atoms with Crippen molar-refractivity contribution in [2.75, 3.05) is 10.6 Å². The summed E-state index contributed by atoms with van der Waals surface area (Å²) in [6.45, 7) is 2.43. The first-order valence-electron chi connectivity index (χ1n) is 8.53. The third-order valence-corrected chi connectivity index (χ3v) is 4.09. The summed E-state index contributed by atoms with van der Waals surface area (Å²) in [4.78, 5) is 12.1. The van der Waals surface area contributed by atoms with Gasteiger partial charge in [-0.05, 0) is 42.8 Å². The number of halogens is 1. The smallest absolute Gasteiger partial charge is 0.228 e. The van der Waals surface area contributed by atoms with Crippen molar-refractivity contribution in [1.29, 1.82) is 0 Å². The van der Waals surface area contributed by atoms with E-state index >= 15 is 0 Å². The van der Waals surface area contributed by atoms with Crippen molar-refractivity contribution in [2.24, 2.45) is 0 Å². The molecule has 0 radical (unpaired) electrons. The van der Waals surface area contributed by atoms with Crippen LogP contribution in [0.3, 0.4) is 0 Å². The number of nitrogens with one attached hydrogen (secondary N) is 2. The van der Waals surface area contributed by atoms with Crippen LogP contribution in [0.5, 0.6) is 0 Å². The van der Waals surface area contributed by atoms with Gasteiger partial charge in [-0.15, -0.1) is 0 Å². The number of anilines is 2. The monoisotopic (exact) mass is 348 g/mol. The Morgan fingerprint density at radius 1 is 0.885 bits per heavy atom. The Morgan fingerprint density at radius 2 is 1.54 bits per heavy atom. The molecule has 0 aromatic heterocycles. The molecular formula is C22H21FN2O. The van der Waals surface area contributed by atoms with Gasteiger partial charge in [-0.3, -0.25) is 4.79 Å². The number of hydrogen-bond acceptors (Lipinski definition) is 2. The average Bonchev–Trinajstić information content (AvgIpc) is 2.64. The molecule has 0 saturated carbocycles. The minimum absolute atomic E-state index is 0.0547. The first-order chi connectivity index (χ1) is 12.6. The molecule has 3 rings (SSSR count). The number of carbonyl (C=O) groups is 1. The lowest BCUT2D eigenvalue weighted by Gasteiger charge is -2.09. The van der Waals surface area contributed by atoms with Crippen molar-refractivity contribution >= 4 is 17.3 Å². The van der Waals surface area contributed by atoms with E-state index in [1.165, 1.54) is 11.6 Å². The van der Waals surface area contributed by atoms with Gasteiger partial charge in [0.05, 0.1) is 6.42 Å². The van der Waals surface area contributed by atoms with Crippen LogP contribution < -0.4 is 10.6 Å². The Balaban J connectivity index is 1.53. The summed E-state index contributed by atoms with van der Waals surface area (Å²) in [5.74, 6) is -0.277. The lowest BCUT2D eigenvalue weighted by Crippen LogP contribution is -2.14. The molecule has 0 aliphatic rings. The first-order valence-corrected chi connectivity index (χ1v) is 8.53. The Labute approximate surface area is 152 Å². The van der Waals surface area contributed by atoms with E-state index in [1.807, 2.05) is 61.5 Å². The molecule has 0 fully saturated rings. The predicted molar refractivity (Wildman–Crippen MR) is 104 cm³/mol. The van der Waals surface area contributed by atoms with Gasteiger partial charge in [0.2, 0.25) is 5.91 Å². The second-order valence-corrected chi connectivity index (χ2v) is 6.23. The number of rotatable bonds is 6. The van der Waals surface area contributed by atoms with Crippen LogP contribution in [0.2, 0.25) is 0 Å². The summed E-state index contributed by atoms with van der Waals surface area (Å²) in [7, 11) is 0. The minimum Gasteiger partial charge on any atom is -0.381 e. The molecule has 0 heterocycles. The molecule has 132 valence electrons. The van der Waals surface area contributed by atoms with Crippen molar-refractivity contribution in [2.45, 2.75) is 19.9 Å². The molecule has 3 nitrogen and oxygen atoms in total. The van der Waals surface area contributed by atoms with Gasteiger partial charge in [0, 0.05) is 23.5 Å². The second kappa shape index (κ2) is 8.30. The van der Waals surface area contributed by atoms with Gasteiger partial charge in [-0.2, -0.15) is 0 Å². The molecule has 26 heavy (non-hydrogen) atoms. The second-order valence-electron chi connectivity index (χ2n) is 6.23. The summed E-state index contributed by atoms with van der Waals surface area (Å²) in [5.41, 5.74) is 4.37. The highest BCUT2D eigenvalue weighted by atomic mass is 19.1. The van der Waals surface area contributed by atoms with Crippen molar-refractivity contribution in [3.8, 4) is 0 Å². The molecule has 3 aromatic rings. The number of benzene rings is 3. The molecule has 4 heteroatoms. The molecule has 1 amide bonds. The van der Waals surface area contributed by atoms with E-state index in [-0.39, 0.29) is 11.7 Å². The van der Waals surface area contributed by atoms with E-state index in [2.05, 4.69) is 10.6 Å². The summed E-state index contributed by atoms with van der Waals surface area (Å²) in [5, 5.41) is 6.06. The number of hydrogen-bond donors (Lipinski definition) is 2. The zero-order valence-corrected chi connectivity index (χ0v) is 14.6. The average molecular weight is 348 g/mol. The molecule has 3 aromatic carbocycles. The van der Waals surface area contributed by atoms with E-state index in [9.17, 15) is 9.18 Å². The normalized spacial score (nSPS) is 10.4. The van der Waals surface area contributed by atoms with Crippen molar-refractivity contribution in [1.82, 2.24) is 0 Å². The summed E-state index contributed by atoms with van der Waals surface area (Å²) < 4.78 is 13.6. The largest absolute Gasteiger partial charge is 0.381 e. The highest BCUT2D eigenvalue weighted by molar-refractivity contribution is 5.92. The van der Waals surface area contributed by atoms with E-state index in [4.69, 9.17) is 0 Å². The Kier molecular flexibility index (Phi) is 5.64. The molecule has 0 spiro atoms. The lowest BCUT2D eigenvalue weighted by atomic mass is 10.1. The van der Waals surface area contributed by atoms with Gasteiger partial charge < -0.3 is 10.6 Å². The maximum Gasteiger partial charge on any atom is 0.228 e. The Morgan fingerprint density at radius 3 is 2.23 bits per heavy atom. The van der Waals surface area contributed by atoms with Crippen LogP contribution in [0.15, 0.2) is 72.8 Å². The van der Waals surface area contributed by atoms with Gasteiger partial charge >= 0.3 is 0 Å². The van der Waals surface area contributed by atoms with Crippen molar-refractivity contribution in [3.63, 3.8) is 0 Å². The van der Waals surface area contributed by atoms with E-state index < -0.39 is 0 Å². The molecular weight excluding hydrogens is 327 g/mol. The fraction of sp³-hybridized carbons (Fsp3) is 0.136. The van der Waals surface area contributed by atoms with Crippen molar-refractivity contribution in [3.05, 3.63) is 95.3 Å². The zero-order valence-electron chi connectivity index (χ0n) is 14.6. The first kappa shape index (κ1) is 17.7. The van der Waals surface area contributed by atoms with Gasteiger partial charge in [-0.25, -0.2) is 4.39 Å². The van der Waals surface area contributed by atoms with Crippen LogP contribution >= 0.6 is 0 Å². The zero-order chi connectivity index (χ0) is 18.4. The van der Waals surface area contributed by atoms with Crippen LogP contribution in [0.1, 0.15) is 16.7 Å². The van der Waals surface area contributed by atoms with Gasteiger partial charge in [0.1, 0.15) is 5.82 Å². The highest BCUT2D eigenvalue weighted by Crippen LogP contribution is 2.16. The Hall–Kier alpha value is -3.14. The number of carbonyl (C=O) groups excluding carboxylic acids is 1. The molecule has 0 aliphatic carbocycles.